The van der Waals surface area contributed by atoms with Crippen LogP contribution in [0.4, 0.5) is 4.39 Å². The fraction of sp³-hybridized carbons (Fsp3) is 0.462. The number of hydrogen-bond donors (Lipinski definition) is 2. The molecule has 4 atom stereocenters. The highest BCUT2D eigenvalue weighted by Crippen LogP contribution is 2.41. The van der Waals surface area contributed by atoms with Gasteiger partial charge in [0, 0.05) is 6.04 Å². The summed E-state index contributed by atoms with van der Waals surface area (Å²) < 4.78 is 19.1. The summed E-state index contributed by atoms with van der Waals surface area (Å²) >= 11 is 0. The van der Waals surface area contributed by atoms with E-state index in [-0.39, 0.29) is 35.8 Å². The molecule has 0 aromatic heterocycles. The van der Waals surface area contributed by atoms with Gasteiger partial charge in [-0.2, -0.15) is 0 Å². The predicted octanol–water partition coefficient (Wildman–Crippen LogP) is 4.32. The average Bonchev–Trinajstić information content (AvgIpc) is 3.18. The van der Waals surface area contributed by atoms with E-state index in [1.807, 2.05) is 36.1 Å². The minimum Gasteiger partial charge on any atom is -0.457 e. The molecule has 7 heteroatoms. The first kappa shape index (κ1) is 23.2. The van der Waals surface area contributed by atoms with Gasteiger partial charge in [-0.3, -0.25) is 9.59 Å². The van der Waals surface area contributed by atoms with Crippen LogP contribution in [0.2, 0.25) is 0 Å². The molecule has 0 aliphatic carbocycles. The molecular weight excluding hydrogens is 421 g/mol. The zero-order chi connectivity index (χ0) is 23.4. The van der Waals surface area contributed by atoms with E-state index in [4.69, 9.17) is 4.74 Å². The highest BCUT2D eigenvalue weighted by Gasteiger charge is 2.42. The summed E-state index contributed by atoms with van der Waals surface area (Å²) in [6.45, 7) is 1.95. The lowest BCUT2D eigenvalue weighted by Crippen LogP contribution is -2.53. The van der Waals surface area contributed by atoms with Crippen LogP contribution in [-0.2, 0) is 9.59 Å². The summed E-state index contributed by atoms with van der Waals surface area (Å²) in [7, 11) is 1.76. The van der Waals surface area contributed by atoms with Gasteiger partial charge in [0.1, 0.15) is 23.4 Å². The Morgan fingerprint density at radius 1 is 1.12 bits per heavy atom. The molecule has 2 aliphatic heterocycles. The van der Waals surface area contributed by atoms with Gasteiger partial charge in [0.25, 0.3) is 0 Å². The maximum Gasteiger partial charge on any atom is 0.245 e. The second kappa shape index (κ2) is 10.3. The molecule has 6 nitrogen and oxygen atoms in total. The van der Waals surface area contributed by atoms with Gasteiger partial charge in [-0.05, 0) is 87.5 Å². The van der Waals surface area contributed by atoms with Crippen LogP contribution in [-0.4, -0.2) is 41.9 Å². The molecule has 4 rings (SSSR count). The molecule has 2 aliphatic rings. The summed E-state index contributed by atoms with van der Waals surface area (Å²) in [5, 5.41) is 6.01. The molecule has 2 heterocycles. The monoisotopic (exact) mass is 453 g/mol. The van der Waals surface area contributed by atoms with Crippen molar-refractivity contribution in [2.75, 3.05) is 7.05 Å². The van der Waals surface area contributed by atoms with Crippen molar-refractivity contribution in [1.82, 2.24) is 15.5 Å². The Morgan fingerprint density at radius 3 is 2.64 bits per heavy atom. The Kier molecular flexibility index (Phi) is 7.28. The number of amides is 2. The topological polar surface area (TPSA) is 70.7 Å². The second-order valence-corrected chi connectivity index (χ2v) is 8.86. The van der Waals surface area contributed by atoms with Crippen LogP contribution in [0.25, 0.3) is 0 Å². The van der Waals surface area contributed by atoms with Crippen LogP contribution in [0.15, 0.2) is 48.5 Å². The van der Waals surface area contributed by atoms with Gasteiger partial charge >= 0.3 is 0 Å². The van der Waals surface area contributed by atoms with Crippen molar-refractivity contribution in [1.29, 1.82) is 0 Å². The summed E-state index contributed by atoms with van der Waals surface area (Å²) in [5.74, 6) is 0.775. The van der Waals surface area contributed by atoms with E-state index in [0.29, 0.717) is 24.3 Å². The minimum absolute atomic E-state index is 0.00385. The largest absolute Gasteiger partial charge is 0.457 e. The minimum atomic E-state index is -0.496. The van der Waals surface area contributed by atoms with Crippen molar-refractivity contribution in [2.24, 2.45) is 0 Å². The standard InChI is InChI=1S/C26H32FN3O3/c1-3-22(28-2)25(31)29-23-9-5-7-19-12-15-24(30(19)26(23)32)17-6-4-8-21(16-17)33-20-13-10-18(27)11-14-20/h4,6,8,10-11,13-14,16,19,22-24,28H,3,5,7,9,12,15H2,1-2H3,(H,29,31)/t19-,22?,23-,24-/m0/s1. The van der Waals surface area contributed by atoms with Gasteiger partial charge in [0.15, 0.2) is 0 Å². The van der Waals surface area contributed by atoms with Gasteiger partial charge in [0.2, 0.25) is 11.8 Å². The lowest BCUT2D eigenvalue weighted by Gasteiger charge is -2.32. The number of fused-ring (bicyclic) bond motifs is 1. The smallest absolute Gasteiger partial charge is 0.245 e. The molecule has 33 heavy (non-hydrogen) atoms. The Morgan fingerprint density at radius 2 is 1.91 bits per heavy atom. The number of ether oxygens (including phenoxy) is 1. The van der Waals surface area contributed by atoms with Crippen LogP contribution >= 0.6 is 0 Å². The molecule has 2 aromatic rings. The molecule has 2 fully saturated rings. The summed E-state index contributed by atoms with van der Waals surface area (Å²) in [6, 6.07) is 13.0. The second-order valence-electron chi connectivity index (χ2n) is 8.86. The number of carbonyl (C=O) groups excluding carboxylic acids is 2. The van der Waals surface area contributed by atoms with E-state index in [1.165, 1.54) is 12.1 Å². The number of nitrogens with zero attached hydrogens (tertiary/aromatic N) is 1. The van der Waals surface area contributed by atoms with Crippen molar-refractivity contribution in [2.45, 2.75) is 69.6 Å². The van der Waals surface area contributed by atoms with Crippen LogP contribution in [0.5, 0.6) is 11.5 Å². The van der Waals surface area contributed by atoms with Crippen molar-refractivity contribution >= 4 is 11.8 Å². The number of rotatable bonds is 7. The van der Waals surface area contributed by atoms with Gasteiger partial charge in [-0.1, -0.05) is 19.1 Å². The van der Waals surface area contributed by atoms with E-state index in [0.717, 1.165) is 31.2 Å². The number of benzene rings is 2. The molecule has 2 N–H and O–H groups in total. The highest BCUT2D eigenvalue weighted by atomic mass is 19.1. The molecule has 1 unspecified atom stereocenters. The number of nitrogens with one attached hydrogen (secondary N) is 2. The van der Waals surface area contributed by atoms with E-state index in [1.54, 1.807) is 19.2 Å². The lowest BCUT2D eigenvalue weighted by atomic mass is 10.0. The van der Waals surface area contributed by atoms with Crippen LogP contribution in [0, 0.1) is 5.82 Å². The molecule has 176 valence electrons. The maximum absolute atomic E-state index is 13.6. The Bertz CT molecular complexity index is 977. The SMILES string of the molecule is CCC(NC)C(=O)N[C@H]1CCC[C@H]2CC[C@@H](c3cccc(Oc4ccc(F)cc4)c3)N2C1=O. The predicted molar refractivity (Wildman–Crippen MR) is 124 cm³/mol. The van der Waals surface area contributed by atoms with Crippen molar-refractivity contribution < 1.29 is 18.7 Å². The summed E-state index contributed by atoms with van der Waals surface area (Å²) in [4.78, 5) is 28.2. The fourth-order valence-electron chi connectivity index (χ4n) is 5.04. The molecule has 0 spiro atoms. The van der Waals surface area contributed by atoms with Crippen LogP contribution in [0.1, 0.15) is 57.1 Å². The van der Waals surface area contributed by atoms with Crippen molar-refractivity contribution in [3.05, 3.63) is 59.9 Å². The molecule has 0 radical (unpaired) electrons. The normalized spacial score (nSPS) is 23.5. The van der Waals surface area contributed by atoms with Gasteiger partial charge in [0.05, 0.1) is 12.1 Å². The Labute approximate surface area is 194 Å². The first-order chi connectivity index (χ1) is 16.0. The lowest BCUT2D eigenvalue weighted by molar-refractivity contribution is -0.138. The number of halogens is 1. The first-order valence-electron chi connectivity index (χ1n) is 11.8. The third-order valence-electron chi connectivity index (χ3n) is 6.77. The summed E-state index contributed by atoms with van der Waals surface area (Å²) in [6.07, 6.45) is 5.02. The van der Waals surface area contributed by atoms with Crippen LogP contribution < -0.4 is 15.4 Å². The summed E-state index contributed by atoms with van der Waals surface area (Å²) in [5.41, 5.74) is 1.01. The number of carbonyl (C=O) groups is 2. The van der Waals surface area contributed by atoms with Gasteiger partial charge in [-0.25, -0.2) is 4.39 Å². The van der Waals surface area contributed by atoms with E-state index in [2.05, 4.69) is 10.6 Å². The first-order valence-corrected chi connectivity index (χ1v) is 11.8. The van der Waals surface area contributed by atoms with Gasteiger partial charge < -0.3 is 20.3 Å². The van der Waals surface area contributed by atoms with Gasteiger partial charge in [-0.15, -0.1) is 0 Å². The molecule has 2 amide bonds. The van der Waals surface area contributed by atoms with Crippen molar-refractivity contribution in [3.63, 3.8) is 0 Å². The third-order valence-corrected chi connectivity index (χ3v) is 6.77. The highest BCUT2D eigenvalue weighted by molar-refractivity contribution is 5.90. The quantitative estimate of drug-likeness (QED) is 0.655. The zero-order valence-electron chi connectivity index (χ0n) is 19.2. The molecule has 0 bridgehead atoms. The molecule has 2 saturated heterocycles. The molecular formula is C26H32FN3O3. The maximum atomic E-state index is 13.6. The van der Waals surface area contributed by atoms with E-state index >= 15 is 0 Å². The van der Waals surface area contributed by atoms with E-state index in [9.17, 15) is 14.0 Å². The fourth-order valence-corrected chi connectivity index (χ4v) is 5.04. The van der Waals surface area contributed by atoms with Crippen molar-refractivity contribution in [3.8, 4) is 11.5 Å². The number of hydrogen-bond acceptors (Lipinski definition) is 4. The average molecular weight is 454 g/mol. The Hall–Kier alpha value is -2.93. The Balaban J connectivity index is 1.52. The van der Waals surface area contributed by atoms with Crippen LogP contribution in [0.3, 0.4) is 0 Å². The molecule has 0 saturated carbocycles. The number of likely N-dealkylation sites (N-methyl/N-ethyl adjacent to an activating group) is 1. The third kappa shape index (κ3) is 5.19. The molecule has 2 aromatic carbocycles. The van der Waals surface area contributed by atoms with E-state index < -0.39 is 6.04 Å². The zero-order valence-corrected chi connectivity index (χ0v) is 19.2.